The Hall–Kier alpha value is -0.910. The first-order valence-corrected chi connectivity index (χ1v) is 5.42. The average Bonchev–Trinajstić information content (AvgIpc) is 2.67. The predicted molar refractivity (Wildman–Crippen MR) is 41.2 cm³/mol. The minimum Gasteiger partial charge on any atom is -0.250 e. The molecule has 1 N–H and O–H groups in total. The van der Waals surface area contributed by atoms with Crippen molar-refractivity contribution in [2.45, 2.75) is 18.0 Å². The molecule has 0 aromatic carbocycles. The van der Waals surface area contributed by atoms with Crippen molar-refractivity contribution in [1.82, 2.24) is 15.2 Å². The van der Waals surface area contributed by atoms with Crippen LogP contribution in [0.15, 0.2) is 11.5 Å². The number of hydrogen-bond donors (Lipinski definition) is 1. The molecule has 1 aromatic heterocycles. The van der Waals surface area contributed by atoms with Gasteiger partial charge >= 0.3 is 0 Å². The molecule has 5 nitrogen and oxygen atoms in total. The number of hydrogen-bond acceptors (Lipinski definition) is 4. The van der Waals surface area contributed by atoms with Crippen LogP contribution in [-0.4, -0.2) is 29.4 Å². The maximum atomic E-state index is 11.4. The van der Waals surface area contributed by atoms with Crippen molar-refractivity contribution in [3.63, 3.8) is 0 Å². The van der Waals surface area contributed by atoms with Gasteiger partial charge in [-0.25, -0.2) is 13.4 Å². The smallest absolute Gasteiger partial charge is 0.242 e. The molecule has 1 aliphatic carbocycles. The number of sulfone groups is 1. The van der Waals surface area contributed by atoms with Crippen molar-refractivity contribution in [3.8, 4) is 0 Å². The molecule has 0 radical (unpaired) electrons. The van der Waals surface area contributed by atoms with Gasteiger partial charge in [-0.15, -0.1) is 0 Å². The lowest BCUT2D eigenvalue weighted by Gasteiger charge is -1.96. The predicted octanol–water partition coefficient (Wildman–Crippen LogP) is -0.0116. The molecule has 1 heterocycles. The van der Waals surface area contributed by atoms with Gasteiger partial charge in [0.15, 0.2) is 0 Å². The summed E-state index contributed by atoms with van der Waals surface area (Å²) in [7, 11) is -3.18. The number of aromatic nitrogens is 3. The van der Waals surface area contributed by atoms with Gasteiger partial charge in [-0.1, -0.05) is 0 Å². The molecule has 1 fully saturated rings. The zero-order valence-corrected chi connectivity index (χ0v) is 7.21. The molecule has 1 aromatic rings. The third kappa shape index (κ3) is 1.47. The molecule has 0 unspecified atom stereocenters. The minimum atomic E-state index is -3.18. The topological polar surface area (TPSA) is 75.7 Å². The second-order valence-corrected chi connectivity index (χ2v) is 4.96. The van der Waals surface area contributed by atoms with E-state index in [0.29, 0.717) is 5.92 Å². The normalized spacial score (nSPS) is 18.0. The lowest BCUT2D eigenvalue weighted by molar-refractivity contribution is 0.584. The molecule has 0 spiro atoms. The maximum Gasteiger partial charge on any atom is 0.242 e. The highest BCUT2D eigenvalue weighted by molar-refractivity contribution is 7.91. The van der Waals surface area contributed by atoms with E-state index >= 15 is 0 Å². The fraction of sp³-hybridized carbons (Fsp3) is 0.667. The van der Waals surface area contributed by atoms with E-state index in [2.05, 4.69) is 15.2 Å². The van der Waals surface area contributed by atoms with E-state index in [9.17, 15) is 8.42 Å². The van der Waals surface area contributed by atoms with E-state index in [-0.39, 0.29) is 10.9 Å². The summed E-state index contributed by atoms with van der Waals surface area (Å²) in [6.45, 7) is 0. The van der Waals surface area contributed by atoms with Crippen molar-refractivity contribution < 1.29 is 8.42 Å². The van der Waals surface area contributed by atoms with Gasteiger partial charge in [0.1, 0.15) is 6.33 Å². The summed E-state index contributed by atoms with van der Waals surface area (Å²) in [5, 5.41) is 5.86. The molecule has 0 amide bonds. The number of aromatic amines is 1. The van der Waals surface area contributed by atoms with Crippen LogP contribution in [0.4, 0.5) is 0 Å². The van der Waals surface area contributed by atoms with Crippen molar-refractivity contribution >= 4 is 9.84 Å². The second-order valence-electron chi connectivity index (χ2n) is 3.02. The number of nitrogens with one attached hydrogen (secondary N) is 1. The second kappa shape index (κ2) is 2.55. The molecule has 0 saturated heterocycles. The van der Waals surface area contributed by atoms with Crippen molar-refractivity contribution in [2.24, 2.45) is 5.92 Å². The standard InChI is InChI=1S/C6H9N3O2S/c10-12(11,3-5-1-2-5)6-7-4-8-9-6/h4-5H,1-3H2,(H,7,8,9). The molecule has 0 aliphatic heterocycles. The van der Waals surface area contributed by atoms with Gasteiger partial charge in [0.25, 0.3) is 0 Å². The zero-order valence-electron chi connectivity index (χ0n) is 6.40. The number of H-pyrrole nitrogens is 1. The molecular weight excluding hydrogens is 178 g/mol. The third-order valence-corrected chi connectivity index (χ3v) is 3.54. The highest BCUT2D eigenvalue weighted by atomic mass is 32.2. The summed E-state index contributed by atoms with van der Waals surface area (Å²) < 4.78 is 22.8. The van der Waals surface area contributed by atoms with Gasteiger partial charge in [-0.3, -0.25) is 5.10 Å². The summed E-state index contributed by atoms with van der Waals surface area (Å²) in [6, 6.07) is 0. The van der Waals surface area contributed by atoms with E-state index in [0.717, 1.165) is 12.8 Å². The van der Waals surface area contributed by atoms with Crippen LogP contribution in [0.5, 0.6) is 0 Å². The van der Waals surface area contributed by atoms with E-state index in [4.69, 9.17) is 0 Å². The van der Waals surface area contributed by atoms with Crippen LogP contribution in [0, 0.1) is 5.92 Å². The summed E-state index contributed by atoms with van der Waals surface area (Å²) in [5.74, 6) is 0.558. The first kappa shape index (κ1) is 7.72. The summed E-state index contributed by atoms with van der Waals surface area (Å²) >= 11 is 0. The average molecular weight is 187 g/mol. The Balaban J connectivity index is 2.20. The number of nitrogens with zero attached hydrogens (tertiary/aromatic N) is 2. The van der Waals surface area contributed by atoms with Crippen LogP contribution in [0.2, 0.25) is 0 Å². The molecular formula is C6H9N3O2S. The quantitative estimate of drug-likeness (QED) is 0.722. The fourth-order valence-corrected chi connectivity index (χ4v) is 2.53. The molecule has 6 heteroatoms. The van der Waals surface area contributed by atoms with Gasteiger partial charge in [0, 0.05) is 0 Å². The summed E-state index contributed by atoms with van der Waals surface area (Å²) in [6.07, 6.45) is 3.25. The van der Waals surface area contributed by atoms with Crippen LogP contribution in [-0.2, 0) is 9.84 Å². The number of rotatable bonds is 3. The van der Waals surface area contributed by atoms with Crippen molar-refractivity contribution in [2.75, 3.05) is 5.75 Å². The van der Waals surface area contributed by atoms with Crippen LogP contribution in [0.1, 0.15) is 12.8 Å². The lowest BCUT2D eigenvalue weighted by atomic mass is 10.5. The molecule has 0 bridgehead atoms. The van der Waals surface area contributed by atoms with Crippen LogP contribution < -0.4 is 0 Å². The Morgan fingerprint density at radius 3 is 2.83 bits per heavy atom. The molecule has 66 valence electrons. The Kier molecular flexibility index (Phi) is 1.64. The molecule has 0 atom stereocenters. The first-order valence-electron chi connectivity index (χ1n) is 3.76. The zero-order chi connectivity index (χ0) is 8.60. The Morgan fingerprint density at radius 1 is 1.58 bits per heavy atom. The highest BCUT2D eigenvalue weighted by Crippen LogP contribution is 2.31. The maximum absolute atomic E-state index is 11.4. The largest absolute Gasteiger partial charge is 0.250 e. The molecule has 2 rings (SSSR count). The van der Waals surface area contributed by atoms with Crippen LogP contribution in [0.3, 0.4) is 0 Å². The van der Waals surface area contributed by atoms with Gasteiger partial charge < -0.3 is 0 Å². The summed E-state index contributed by atoms with van der Waals surface area (Å²) in [5.41, 5.74) is 0. The Bertz CT molecular complexity index is 352. The van der Waals surface area contributed by atoms with Gasteiger partial charge in [0.2, 0.25) is 15.0 Å². The first-order chi connectivity index (χ1) is 5.68. The highest BCUT2D eigenvalue weighted by Gasteiger charge is 2.30. The van der Waals surface area contributed by atoms with Crippen molar-refractivity contribution in [1.29, 1.82) is 0 Å². The minimum absolute atomic E-state index is 0.00519. The lowest BCUT2D eigenvalue weighted by Crippen LogP contribution is -2.10. The van der Waals surface area contributed by atoms with E-state index in [1.54, 1.807) is 0 Å². The monoisotopic (exact) mass is 187 g/mol. The van der Waals surface area contributed by atoms with E-state index < -0.39 is 9.84 Å². The van der Waals surface area contributed by atoms with Gasteiger partial charge in [0.05, 0.1) is 5.75 Å². The van der Waals surface area contributed by atoms with Crippen molar-refractivity contribution in [3.05, 3.63) is 6.33 Å². The Morgan fingerprint density at radius 2 is 2.33 bits per heavy atom. The molecule has 1 aliphatic rings. The van der Waals surface area contributed by atoms with Gasteiger partial charge in [-0.2, -0.15) is 5.10 Å². The van der Waals surface area contributed by atoms with Crippen LogP contribution >= 0.6 is 0 Å². The summed E-state index contributed by atoms with van der Waals surface area (Å²) in [4.78, 5) is 3.61. The van der Waals surface area contributed by atoms with Crippen LogP contribution in [0.25, 0.3) is 0 Å². The third-order valence-electron chi connectivity index (χ3n) is 1.84. The molecule has 1 saturated carbocycles. The SMILES string of the molecule is O=S(=O)(CC1CC1)c1ncn[nH]1. The van der Waals surface area contributed by atoms with E-state index in [1.165, 1.54) is 6.33 Å². The Labute approximate surface area is 70.1 Å². The molecule has 12 heavy (non-hydrogen) atoms. The van der Waals surface area contributed by atoms with E-state index in [1.807, 2.05) is 0 Å². The fourth-order valence-electron chi connectivity index (χ4n) is 1.02. The van der Waals surface area contributed by atoms with Gasteiger partial charge in [-0.05, 0) is 18.8 Å².